The third-order valence-electron chi connectivity index (χ3n) is 4.28. The zero-order valence-electron chi connectivity index (χ0n) is 15.0. The van der Waals surface area contributed by atoms with Gasteiger partial charge in [-0.2, -0.15) is 17.0 Å². The van der Waals surface area contributed by atoms with Gasteiger partial charge in [0.2, 0.25) is 5.91 Å². The molecule has 1 N–H and O–H groups in total. The molecule has 0 aromatic heterocycles. The van der Waals surface area contributed by atoms with Crippen LogP contribution < -0.4 is 14.8 Å². The number of nitrogens with one attached hydrogen (secondary N) is 1. The number of hydrogen-bond donors (Lipinski definition) is 1. The molecule has 2 rings (SSSR count). The summed E-state index contributed by atoms with van der Waals surface area (Å²) in [4.78, 5) is 12.5. The lowest BCUT2D eigenvalue weighted by atomic mass is 9.97. The molecule has 1 saturated heterocycles. The van der Waals surface area contributed by atoms with E-state index in [1.54, 1.807) is 25.3 Å². The fourth-order valence-corrected chi connectivity index (χ4v) is 3.86. The Morgan fingerprint density at radius 3 is 2.36 bits per heavy atom. The summed E-state index contributed by atoms with van der Waals surface area (Å²) in [6.07, 6.45) is 0.955. The second-order valence-electron chi connectivity index (χ2n) is 6.02. The first-order chi connectivity index (χ1) is 11.8. The lowest BCUT2D eigenvalue weighted by Gasteiger charge is -2.32. The van der Waals surface area contributed by atoms with Crippen LogP contribution >= 0.6 is 0 Å². The first kappa shape index (κ1) is 19.5. The first-order valence-corrected chi connectivity index (χ1v) is 9.39. The zero-order valence-corrected chi connectivity index (χ0v) is 15.8. The van der Waals surface area contributed by atoms with Crippen LogP contribution in [0.25, 0.3) is 0 Å². The zero-order chi connectivity index (χ0) is 18.6. The van der Waals surface area contributed by atoms with E-state index in [0.29, 0.717) is 43.1 Å². The minimum atomic E-state index is -3.43. The van der Waals surface area contributed by atoms with Crippen molar-refractivity contribution in [3.8, 4) is 11.5 Å². The molecule has 25 heavy (non-hydrogen) atoms. The van der Waals surface area contributed by atoms with Crippen molar-refractivity contribution in [2.45, 2.75) is 12.8 Å². The Morgan fingerprint density at radius 2 is 1.84 bits per heavy atom. The molecule has 8 nitrogen and oxygen atoms in total. The Bertz CT molecular complexity index is 712. The van der Waals surface area contributed by atoms with Crippen molar-refractivity contribution < 1.29 is 22.7 Å². The highest BCUT2D eigenvalue weighted by Gasteiger charge is 2.32. The van der Waals surface area contributed by atoms with Gasteiger partial charge in [-0.05, 0) is 25.0 Å². The molecule has 1 aliphatic heterocycles. The average molecular weight is 371 g/mol. The van der Waals surface area contributed by atoms with Gasteiger partial charge in [-0.3, -0.25) is 4.79 Å². The van der Waals surface area contributed by atoms with Crippen molar-refractivity contribution in [3.05, 3.63) is 18.2 Å². The van der Waals surface area contributed by atoms with Gasteiger partial charge in [0.05, 0.1) is 19.9 Å². The molecule has 1 fully saturated rings. The SMILES string of the molecule is COc1ccc(OC)c(NC(=O)C2CCN(S(=O)(=O)N(C)C)CC2)c1. The first-order valence-electron chi connectivity index (χ1n) is 8.00. The molecule has 1 heterocycles. The lowest BCUT2D eigenvalue weighted by Crippen LogP contribution is -2.46. The van der Waals surface area contributed by atoms with E-state index in [0.717, 1.165) is 0 Å². The number of hydrogen-bond acceptors (Lipinski definition) is 5. The van der Waals surface area contributed by atoms with Gasteiger partial charge in [0.15, 0.2) is 0 Å². The number of carbonyl (C=O) groups excluding carboxylic acids is 1. The molecule has 9 heteroatoms. The van der Waals surface area contributed by atoms with Gasteiger partial charge in [-0.1, -0.05) is 0 Å². The van der Waals surface area contributed by atoms with Crippen LogP contribution in [0, 0.1) is 5.92 Å². The Hall–Kier alpha value is -1.84. The normalized spacial score (nSPS) is 16.7. The molecule has 0 unspecified atom stereocenters. The van der Waals surface area contributed by atoms with Gasteiger partial charge in [-0.25, -0.2) is 0 Å². The average Bonchev–Trinajstić information content (AvgIpc) is 2.61. The molecule has 0 radical (unpaired) electrons. The number of piperidine rings is 1. The predicted molar refractivity (Wildman–Crippen MR) is 95.1 cm³/mol. The smallest absolute Gasteiger partial charge is 0.281 e. The van der Waals surface area contributed by atoms with Crippen molar-refractivity contribution in [2.75, 3.05) is 46.7 Å². The second kappa shape index (κ2) is 8.03. The van der Waals surface area contributed by atoms with E-state index in [2.05, 4.69) is 5.32 Å². The van der Waals surface area contributed by atoms with Crippen molar-refractivity contribution in [3.63, 3.8) is 0 Å². The van der Waals surface area contributed by atoms with E-state index >= 15 is 0 Å². The van der Waals surface area contributed by atoms with Crippen LogP contribution in [0.1, 0.15) is 12.8 Å². The Kier molecular flexibility index (Phi) is 6.26. The summed E-state index contributed by atoms with van der Waals surface area (Å²) in [6, 6.07) is 5.17. The fraction of sp³-hybridized carbons (Fsp3) is 0.562. The summed E-state index contributed by atoms with van der Waals surface area (Å²) in [5.41, 5.74) is 0.537. The molecule has 0 aliphatic carbocycles. The van der Waals surface area contributed by atoms with Crippen LogP contribution in [0.3, 0.4) is 0 Å². The van der Waals surface area contributed by atoms with Gasteiger partial charge >= 0.3 is 0 Å². The maximum atomic E-state index is 12.5. The number of methoxy groups -OCH3 is 2. The van der Waals surface area contributed by atoms with Crippen LogP contribution in [0.5, 0.6) is 11.5 Å². The maximum absolute atomic E-state index is 12.5. The van der Waals surface area contributed by atoms with Gasteiger partial charge in [0, 0.05) is 39.2 Å². The molecule has 0 spiro atoms. The van der Waals surface area contributed by atoms with Crippen LogP contribution in [0.2, 0.25) is 0 Å². The summed E-state index contributed by atoms with van der Waals surface area (Å²) in [5, 5.41) is 2.86. The molecular weight excluding hydrogens is 346 g/mol. The van der Waals surface area contributed by atoms with Crippen molar-refractivity contribution in [2.24, 2.45) is 5.92 Å². The van der Waals surface area contributed by atoms with E-state index in [-0.39, 0.29) is 11.8 Å². The summed E-state index contributed by atoms with van der Waals surface area (Å²) in [5.74, 6) is 0.766. The molecular formula is C16H25N3O5S. The maximum Gasteiger partial charge on any atom is 0.281 e. The van der Waals surface area contributed by atoms with Gasteiger partial charge < -0.3 is 14.8 Å². The van der Waals surface area contributed by atoms with Crippen LogP contribution in [0.15, 0.2) is 18.2 Å². The number of amides is 1. The van der Waals surface area contributed by atoms with Gasteiger partial charge in [-0.15, -0.1) is 0 Å². The second-order valence-corrected chi connectivity index (χ2v) is 8.16. The predicted octanol–water partition coefficient (Wildman–Crippen LogP) is 1.16. The fourth-order valence-electron chi connectivity index (χ4n) is 2.73. The highest BCUT2D eigenvalue weighted by atomic mass is 32.2. The molecule has 0 atom stereocenters. The number of rotatable bonds is 6. The minimum absolute atomic E-state index is 0.145. The third-order valence-corrected chi connectivity index (χ3v) is 6.22. The van der Waals surface area contributed by atoms with Crippen molar-refractivity contribution in [1.82, 2.24) is 8.61 Å². The Balaban J connectivity index is 2.02. The van der Waals surface area contributed by atoms with E-state index in [4.69, 9.17) is 9.47 Å². The Morgan fingerprint density at radius 1 is 1.20 bits per heavy atom. The molecule has 0 bridgehead atoms. The molecule has 140 valence electrons. The summed E-state index contributed by atoms with van der Waals surface area (Å²) in [6.45, 7) is 0.654. The number of benzene rings is 1. The van der Waals surface area contributed by atoms with Crippen molar-refractivity contribution >= 4 is 21.8 Å². The van der Waals surface area contributed by atoms with E-state index < -0.39 is 10.2 Å². The quantitative estimate of drug-likeness (QED) is 0.811. The Labute approximate surface area is 148 Å². The third kappa shape index (κ3) is 4.42. The molecule has 1 aromatic carbocycles. The standard InChI is InChI=1S/C16H25N3O5S/c1-18(2)25(21,22)19-9-7-12(8-10-19)16(20)17-14-11-13(23-3)5-6-15(14)24-4/h5-6,11-12H,7-10H2,1-4H3,(H,17,20). The van der Waals surface area contributed by atoms with Crippen LogP contribution in [-0.2, 0) is 15.0 Å². The molecule has 1 amide bonds. The number of ether oxygens (including phenoxy) is 2. The topological polar surface area (TPSA) is 88.2 Å². The lowest BCUT2D eigenvalue weighted by molar-refractivity contribution is -0.120. The van der Waals surface area contributed by atoms with Crippen molar-refractivity contribution in [1.29, 1.82) is 0 Å². The minimum Gasteiger partial charge on any atom is -0.497 e. The molecule has 1 aromatic rings. The van der Waals surface area contributed by atoms with E-state index in [9.17, 15) is 13.2 Å². The van der Waals surface area contributed by atoms with Crippen LogP contribution in [0.4, 0.5) is 5.69 Å². The summed E-state index contributed by atoms with van der Waals surface area (Å²) >= 11 is 0. The van der Waals surface area contributed by atoms with E-state index in [1.807, 2.05) is 0 Å². The monoisotopic (exact) mass is 371 g/mol. The number of nitrogens with zero attached hydrogens (tertiary/aromatic N) is 2. The highest BCUT2D eigenvalue weighted by molar-refractivity contribution is 7.86. The number of carbonyl (C=O) groups is 1. The van der Waals surface area contributed by atoms with Crippen LogP contribution in [-0.4, -0.2) is 64.3 Å². The van der Waals surface area contributed by atoms with E-state index in [1.165, 1.54) is 29.8 Å². The highest BCUT2D eigenvalue weighted by Crippen LogP contribution is 2.30. The largest absolute Gasteiger partial charge is 0.497 e. The molecule has 0 saturated carbocycles. The summed E-state index contributed by atoms with van der Waals surface area (Å²) < 4.78 is 37.3. The molecule has 1 aliphatic rings. The number of anilines is 1. The summed E-state index contributed by atoms with van der Waals surface area (Å²) in [7, 11) is 2.66. The van der Waals surface area contributed by atoms with Gasteiger partial charge in [0.25, 0.3) is 10.2 Å². The van der Waals surface area contributed by atoms with Gasteiger partial charge in [0.1, 0.15) is 11.5 Å².